The highest BCUT2D eigenvalue weighted by Crippen LogP contribution is 2.37. The SMILES string of the molecule is Cc1nc(C2CCCC2)sc1C(=O)N1CCC(N2CCNCC2)C1.Cl.Cl. The molecule has 1 aromatic heterocycles. The standard InChI is InChI=1S/C18H28N4OS.2ClH/c1-13-16(24-17(20-13)14-4-2-3-5-14)18(23)22-9-6-15(12-22)21-10-7-19-8-11-21;;/h14-15,19H,2-12H2,1H3;2*1H. The first-order valence-corrected chi connectivity index (χ1v) is 10.3. The molecule has 3 fully saturated rings. The highest BCUT2D eigenvalue weighted by Gasteiger charge is 2.33. The summed E-state index contributed by atoms with van der Waals surface area (Å²) in [6.07, 6.45) is 6.22. The second kappa shape index (κ2) is 9.69. The van der Waals surface area contributed by atoms with Gasteiger partial charge in [0, 0.05) is 51.2 Å². The zero-order chi connectivity index (χ0) is 16.5. The van der Waals surface area contributed by atoms with Gasteiger partial charge in [0.15, 0.2) is 0 Å². The lowest BCUT2D eigenvalue weighted by molar-refractivity contribution is 0.0777. The van der Waals surface area contributed by atoms with Crippen LogP contribution in [0.2, 0.25) is 0 Å². The number of likely N-dealkylation sites (tertiary alicyclic amines) is 1. The maximum atomic E-state index is 13.0. The van der Waals surface area contributed by atoms with Crippen molar-refractivity contribution in [3.8, 4) is 0 Å². The Balaban J connectivity index is 0.00000121. The largest absolute Gasteiger partial charge is 0.336 e. The van der Waals surface area contributed by atoms with Crippen LogP contribution in [0.4, 0.5) is 0 Å². The van der Waals surface area contributed by atoms with E-state index in [1.807, 2.05) is 6.92 Å². The Bertz CT molecular complexity index is 600. The van der Waals surface area contributed by atoms with E-state index in [0.29, 0.717) is 12.0 Å². The van der Waals surface area contributed by atoms with Gasteiger partial charge < -0.3 is 10.2 Å². The van der Waals surface area contributed by atoms with E-state index in [1.54, 1.807) is 11.3 Å². The van der Waals surface area contributed by atoms with Gasteiger partial charge in [-0.05, 0) is 26.2 Å². The Morgan fingerprint density at radius 1 is 1.12 bits per heavy atom. The van der Waals surface area contributed by atoms with Crippen molar-refractivity contribution < 1.29 is 4.79 Å². The molecule has 0 aromatic carbocycles. The smallest absolute Gasteiger partial charge is 0.265 e. The number of nitrogens with zero attached hydrogens (tertiary/aromatic N) is 3. The number of nitrogens with one attached hydrogen (secondary N) is 1. The van der Waals surface area contributed by atoms with Crippen LogP contribution >= 0.6 is 36.2 Å². The number of thiazole rings is 1. The fourth-order valence-electron chi connectivity index (χ4n) is 4.38. The first-order valence-electron chi connectivity index (χ1n) is 9.44. The van der Waals surface area contributed by atoms with Gasteiger partial charge in [-0.15, -0.1) is 36.2 Å². The second-order valence-corrected chi connectivity index (χ2v) is 8.46. The topological polar surface area (TPSA) is 48.5 Å². The molecule has 1 N–H and O–H groups in total. The van der Waals surface area contributed by atoms with Crippen LogP contribution in [-0.4, -0.2) is 66.0 Å². The number of hydrogen-bond acceptors (Lipinski definition) is 5. The number of carbonyl (C=O) groups is 1. The van der Waals surface area contributed by atoms with Gasteiger partial charge >= 0.3 is 0 Å². The summed E-state index contributed by atoms with van der Waals surface area (Å²) in [5, 5.41) is 4.61. The van der Waals surface area contributed by atoms with Crippen molar-refractivity contribution in [2.45, 2.75) is 51.0 Å². The van der Waals surface area contributed by atoms with Crippen LogP contribution in [0, 0.1) is 6.92 Å². The lowest BCUT2D eigenvalue weighted by atomic mass is 10.1. The fourth-order valence-corrected chi connectivity index (χ4v) is 5.58. The molecule has 2 saturated heterocycles. The van der Waals surface area contributed by atoms with Gasteiger partial charge in [0.05, 0.1) is 10.7 Å². The summed E-state index contributed by atoms with van der Waals surface area (Å²) in [4.78, 5) is 23.2. The van der Waals surface area contributed by atoms with E-state index >= 15 is 0 Å². The molecule has 1 amide bonds. The van der Waals surface area contributed by atoms with Crippen LogP contribution in [0.25, 0.3) is 0 Å². The van der Waals surface area contributed by atoms with Gasteiger partial charge in [-0.25, -0.2) is 4.98 Å². The van der Waals surface area contributed by atoms with E-state index in [4.69, 9.17) is 4.98 Å². The summed E-state index contributed by atoms with van der Waals surface area (Å²) in [6, 6.07) is 0.540. The summed E-state index contributed by atoms with van der Waals surface area (Å²) >= 11 is 1.66. The van der Waals surface area contributed by atoms with Crippen molar-refractivity contribution in [2.24, 2.45) is 0 Å². The monoisotopic (exact) mass is 420 g/mol. The molecule has 1 aromatic rings. The molecule has 1 unspecified atom stereocenters. The van der Waals surface area contributed by atoms with E-state index in [0.717, 1.165) is 56.3 Å². The number of rotatable bonds is 3. The van der Waals surface area contributed by atoms with Crippen molar-refractivity contribution in [1.82, 2.24) is 20.1 Å². The Hall–Kier alpha value is -0.400. The molecule has 0 radical (unpaired) electrons. The summed E-state index contributed by atoms with van der Waals surface area (Å²) in [5.41, 5.74) is 0.942. The third-order valence-electron chi connectivity index (χ3n) is 5.83. The normalized spacial score (nSPS) is 24.3. The minimum absolute atomic E-state index is 0. The average molecular weight is 421 g/mol. The summed E-state index contributed by atoms with van der Waals surface area (Å²) < 4.78 is 0. The molecule has 3 aliphatic rings. The quantitative estimate of drug-likeness (QED) is 0.815. The number of aryl methyl sites for hydroxylation is 1. The molecule has 1 aliphatic carbocycles. The number of amides is 1. The molecule has 1 atom stereocenters. The van der Waals surface area contributed by atoms with Crippen LogP contribution in [0.1, 0.15) is 58.4 Å². The van der Waals surface area contributed by atoms with Crippen molar-refractivity contribution in [3.63, 3.8) is 0 Å². The fraction of sp³-hybridized carbons (Fsp3) is 0.778. The van der Waals surface area contributed by atoms with E-state index < -0.39 is 0 Å². The van der Waals surface area contributed by atoms with Gasteiger partial charge in [0.1, 0.15) is 4.88 Å². The Morgan fingerprint density at radius 3 is 2.50 bits per heavy atom. The van der Waals surface area contributed by atoms with Crippen molar-refractivity contribution >= 4 is 42.1 Å². The van der Waals surface area contributed by atoms with Crippen LogP contribution in [0.3, 0.4) is 0 Å². The van der Waals surface area contributed by atoms with E-state index in [-0.39, 0.29) is 30.7 Å². The molecule has 1 saturated carbocycles. The van der Waals surface area contributed by atoms with Crippen molar-refractivity contribution in [3.05, 3.63) is 15.6 Å². The highest BCUT2D eigenvalue weighted by molar-refractivity contribution is 7.13. The van der Waals surface area contributed by atoms with Crippen molar-refractivity contribution in [2.75, 3.05) is 39.3 Å². The van der Waals surface area contributed by atoms with Crippen LogP contribution < -0.4 is 5.32 Å². The zero-order valence-electron chi connectivity index (χ0n) is 15.4. The predicted octanol–water partition coefficient (Wildman–Crippen LogP) is 3.07. The zero-order valence-corrected chi connectivity index (χ0v) is 17.9. The number of piperazine rings is 1. The summed E-state index contributed by atoms with van der Waals surface area (Å²) in [7, 11) is 0. The molecular weight excluding hydrogens is 391 g/mol. The molecule has 0 spiro atoms. The molecule has 3 heterocycles. The van der Waals surface area contributed by atoms with Gasteiger partial charge in [-0.1, -0.05) is 12.8 Å². The van der Waals surface area contributed by atoms with Crippen LogP contribution in [0.5, 0.6) is 0 Å². The van der Waals surface area contributed by atoms with Crippen LogP contribution in [0.15, 0.2) is 0 Å². The first kappa shape index (κ1) is 21.9. The maximum Gasteiger partial charge on any atom is 0.265 e. The lowest BCUT2D eigenvalue weighted by Gasteiger charge is -2.32. The number of aromatic nitrogens is 1. The average Bonchev–Trinajstić information content (AvgIpc) is 3.35. The van der Waals surface area contributed by atoms with E-state index in [9.17, 15) is 4.79 Å². The number of halogens is 2. The summed E-state index contributed by atoms with van der Waals surface area (Å²) in [6.45, 7) is 8.15. The van der Waals surface area contributed by atoms with Gasteiger partial charge in [-0.3, -0.25) is 9.69 Å². The molecule has 0 bridgehead atoms. The molecular formula is C18H30Cl2N4OS. The van der Waals surface area contributed by atoms with Gasteiger partial charge in [0.25, 0.3) is 5.91 Å². The second-order valence-electron chi connectivity index (χ2n) is 7.43. The van der Waals surface area contributed by atoms with Gasteiger partial charge in [0.2, 0.25) is 0 Å². The maximum absolute atomic E-state index is 13.0. The molecule has 148 valence electrons. The van der Waals surface area contributed by atoms with Gasteiger partial charge in [-0.2, -0.15) is 0 Å². The molecule has 5 nitrogen and oxygen atoms in total. The third kappa shape index (κ3) is 4.53. The number of hydrogen-bond donors (Lipinski definition) is 1. The number of carbonyl (C=O) groups excluding carboxylic acids is 1. The molecule has 8 heteroatoms. The third-order valence-corrected chi connectivity index (χ3v) is 7.14. The van der Waals surface area contributed by atoms with E-state index in [2.05, 4.69) is 15.1 Å². The Morgan fingerprint density at radius 2 is 1.81 bits per heavy atom. The van der Waals surface area contributed by atoms with Crippen LogP contribution in [-0.2, 0) is 0 Å². The minimum Gasteiger partial charge on any atom is -0.336 e. The highest BCUT2D eigenvalue weighted by atomic mass is 35.5. The lowest BCUT2D eigenvalue weighted by Crippen LogP contribution is -2.49. The molecule has 4 rings (SSSR count). The Kier molecular flexibility index (Phi) is 8.16. The molecule has 26 heavy (non-hydrogen) atoms. The molecule has 2 aliphatic heterocycles. The van der Waals surface area contributed by atoms with E-state index in [1.165, 1.54) is 30.7 Å². The minimum atomic E-state index is 0. The Labute approximate surface area is 172 Å². The predicted molar refractivity (Wildman–Crippen MR) is 111 cm³/mol. The first-order chi connectivity index (χ1) is 11.7. The summed E-state index contributed by atoms with van der Waals surface area (Å²) in [5.74, 6) is 0.814. The van der Waals surface area contributed by atoms with Crippen molar-refractivity contribution in [1.29, 1.82) is 0 Å².